The molecule has 6 heteroatoms. The maximum Gasteiger partial charge on any atom is 0.252 e. The minimum atomic E-state index is -0.0375. The lowest BCUT2D eigenvalue weighted by atomic mass is 10.1. The van der Waals surface area contributed by atoms with Crippen LogP contribution in [0, 0.1) is 6.92 Å². The molecule has 0 radical (unpaired) electrons. The molecule has 0 spiro atoms. The minimum absolute atomic E-state index is 0.0375. The van der Waals surface area contributed by atoms with Gasteiger partial charge in [0.25, 0.3) is 5.91 Å². The number of carbonyl (C=O) groups excluding carboxylic acids is 1. The normalized spacial score (nSPS) is 25.9. The summed E-state index contributed by atoms with van der Waals surface area (Å²) in [6.07, 6.45) is 1.20. The van der Waals surface area contributed by atoms with Gasteiger partial charge in [0, 0.05) is 42.3 Å². The van der Waals surface area contributed by atoms with Crippen LogP contribution in [0.1, 0.15) is 29.4 Å². The van der Waals surface area contributed by atoms with E-state index in [4.69, 9.17) is 9.47 Å². The Morgan fingerprint density at radius 3 is 3.00 bits per heavy atom. The number of methoxy groups -OCH3 is 1. The van der Waals surface area contributed by atoms with Crippen LogP contribution in [0.4, 0.5) is 0 Å². The number of ether oxygens (including phenoxy) is 2. The standard InChI is InChI=1S/C20H25N3O3/c1-12-6-18(17-5-4-16(25-3)8-19(17)21-12)20(24)22-14-7-15-11-26-13(2)9-23(15)10-14/h4-6,8,13-15H,7,9-11H2,1-3H3,(H,22,24)/t13-,14+,15+/m1/s1. The third-order valence-electron chi connectivity index (χ3n) is 5.32. The zero-order valence-corrected chi connectivity index (χ0v) is 15.5. The molecule has 0 unspecified atom stereocenters. The van der Waals surface area contributed by atoms with Crippen molar-refractivity contribution < 1.29 is 14.3 Å². The molecule has 2 aromatic rings. The van der Waals surface area contributed by atoms with Gasteiger partial charge >= 0.3 is 0 Å². The largest absolute Gasteiger partial charge is 0.497 e. The van der Waals surface area contributed by atoms with Gasteiger partial charge in [0.1, 0.15) is 5.75 Å². The average Bonchev–Trinajstić information content (AvgIpc) is 3.01. The highest BCUT2D eigenvalue weighted by Gasteiger charge is 2.36. The molecule has 1 aromatic carbocycles. The maximum absolute atomic E-state index is 13.0. The van der Waals surface area contributed by atoms with E-state index in [0.717, 1.165) is 48.5 Å². The van der Waals surface area contributed by atoms with E-state index in [0.29, 0.717) is 11.6 Å². The molecule has 26 heavy (non-hydrogen) atoms. The molecular weight excluding hydrogens is 330 g/mol. The number of nitrogens with zero attached hydrogens (tertiary/aromatic N) is 2. The number of aryl methyl sites for hydroxylation is 1. The zero-order chi connectivity index (χ0) is 18.3. The monoisotopic (exact) mass is 355 g/mol. The van der Waals surface area contributed by atoms with Gasteiger partial charge in [0.15, 0.2) is 0 Å². The van der Waals surface area contributed by atoms with Gasteiger partial charge in [-0.2, -0.15) is 0 Å². The average molecular weight is 355 g/mol. The molecule has 138 valence electrons. The molecule has 3 atom stereocenters. The van der Waals surface area contributed by atoms with Gasteiger partial charge in [-0.15, -0.1) is 0 Å². The van der Waals surface area contributed by atoms with Crippen molar-refractivity contribution in [3.63, 3.8) is 0 Å². The smallest absolute Gasteiger partial charge is 0.252 e. The van der Waals surface area contributed by atoms with Crippen molar-refractivity contribution >= 4 is 16.8 Å². The number of hydrogen-bond acceptors (Lipinski definition) is 5. The SMILES string of the molecule is COc1ccc2c(C(=O)N[C@H]3C[C@H]4CO[C@H](C)CN4C3)cc(C)nc2c1. The van der Waals surface area contributed by atoms with Crippen LogP contribution in [0.3, 0.4) is 0 Å². The third-order valence-corrected chi connectivity index (χ3v) is 5.32. The van der Waals surface area contributed by atoms with Crippen LogP contribution < -0.4 is 10.1 Å². The fourth-order valence-electron chi connectivity index (χ4n) is 4.06. The van der Waals surface area contributed by atoms with E-state index < -0.39 is 0 Å². The van der Waals surface area contributed by atoms with E-state index in [1.165, 1.54) is 0 Å². The quantitative estimate of drug-likeness (QED) is 0.914. The highest BCUT2D eigenvalue weighted by atomic mass is 16.5. The van der Waals surface area contributed by atoms with Crippen LogP contribution >= 0.6 is 0 Å². The molecule has 4 rings (SSSR count). The Morgan fingerprint density at radius 2 is 2.19 bits per heavy atom. The first kappa shape index (κ1) is 17.2. The van der Waals surface area contributed by atoms with E-state index >= 15 is 0 Å². The highest BCUT2D eigenvalue weighted by Crippen LogP contribution is 2.26. The Balaban J connectivity index is 1.55. The van der Waals surface area contributed by atoms with Crippen molar-refractivity contribution in [2.24, 2.45) is 0 Å². The van der Waals surface area contributed by atoms with Crippen molar-refractivity contribution in [2.45, 2.75) is 38.5 Å². The summed E-state index contributed by atoms with van der Waals surface area (Å²) in [7, 11) is 1.63. The summed E-state index contributed by atoms with van der Waals surface area (Å²) in [5.41, 5.74) is 2.27. The van der Waals surface area contributed by atoms with Gasteiger partial charge < -0.3 is 14.8 Å². The summed E-state index contributed by atoms with van der Waals surface area (Å²) >= 11 is 0. The van der Waals surface area contributed by atoms with Crippen LogP contribution in [0.2, 0.25) is 0 Å². The van der Waals surface area contributed by atoms with Gasteiger partial charge in [-0.3, -0.25) is 14.7 Å². The molecule has 2 fully saturated rings. The van der Waals surface area contributed by atoms with Gasteiger partial charge in [0.05, 0.1) is 30.9 Å². The first-order chi connectivity index (χ1) is 12.5. The Kier molecular flexibility index (Phi) is 4.54. The Hall–Kier alpha value is -2.18. The highest BCUT2D eigenvalue weighted by molar-refractivity contribution is 6.06. The number of benzene rings is 1. The Bertz CT molecular complexity index is 838. The molecule has 6 nitrogen and oxygen atoms in total. The molecule has 2 saturated heterocycles. The number of morpholine rings is 1. The number of carbonyl (C=O) groups is 1. The zero-order valence-electron chi connectivity index (χ0n) is 15.5. The lowest BCUT2D eigenvalue weighted by Gasteiger charge is -2.33. The maximum atomic E-state index is 13.0. The number of pyridine rings is 1. The first-order valence-electron chi connectivity index (χ1n) is 9.15. The summed E-state index contributed by atoms with van der Waals surface area (Å²) in [6, 6.07) is 8.07. The lowest BCUT2D eigenvalue weighted by molar-refractivity contribution is -0.0390. The Labute approximate surface area is 153 Å². The van der Waals surface area contributed by atoms with E-state index in [9.17, 15) is 4.79 Å². The van der Waals surface area contributed by atoms with Crippen molar-refractivity contribution in [3.05, 3.63) is 35.5 Å². The molecule has 0 bridgehead atoms. The van der Waals surface area contributed by atoms with Gasteiger partial charge in [-0.25, -0.2) is 0 Å². The number of fused-ring (bicyclic) bond motifs is 2. The second-order valence-electron chi connectivity index (χ2n) is 7.35. The third kappa shape index (κ3) is 3.27. The van der Waals surface area contributed by atoms with E-state index in [2.05, 4.69) is 22.1 Å². The molecule has 1 N–H and O–H groups in total. The Morgan fingerprint density at radius 1 is 1.35 bits per heavy atom. The van der Waals surface area contributed by atoms with Crippen LogP contribution in [0.15, 0.2) is 24.3 Å². The fraction of sp³-hybridized carbons (Fsp3) is 0.500. The number of amides is 1. The second-order valence-corrected chi connectivity index (χ2v) is 7.35. The number of nitrogens with one attached hydrogen (secondary N) is 1. The van der Waals surface area contributed by atoms with Crippen LogP contribution in [-0.2, 0) is 4.74 Å². The lowest BCUT2D eigenvalue weighted by Crippen LogP contribution is -2.45. The minimum Gasteiger partial charge on any atom is -0.497 e. The topological polar surface area (TPSA) is 63.7 Å². The van der Waals surface area contributed by atoms with Crippen molar-refractivity contribution in [1.29, 1.82) is 0 Å². The molecule has 3 heterocycles. The van der Waals surface area contributed by atoms with Gasteiger partial charge in [0.2, 0.25) is 0 Å². The van der Waals surface area contributed by atoms with E-state index in [1.807, 2.05) is 31.2 Å². The van der Waals surface area contributed by atoms with Crippen molar-refractivity contribution in [3.8, 4) is 5.75 Å². The molecule has 1 aromatic heterocycles. The molecule has 0 aliphatic carbocycles. The first-order valence-corrected chi connectivity index (χ1v) is 9.15. The molecule has 2 aliphatic heterocycles. The van der Waals surface area contributed by atoms with E-state index in [1.54, 1.807) is 7.11 Å². The number of rotatable bonds is 3. The van der Waals surface area contributed by atoms with Crippen molar-refractivity contribution in [2.75, 3.05) is 26.8 Å². The molecular formula is C20H25N3O3. The predicted molar refractivity (Wildman–Crippen MR) is 99.7 cm³/mol. The number of aromatic nitrogens is 1. The summed E-state index contributed by atoms with van der Waals surface area (Å²) in [4.78, 5) is 19.9. The summed E-state index contributed by atoms with van der Waals surface area (Å²) < 4.78 is 11.0. The van der Waals surface area contributed by atoms with Gasteiger partial charge in [-0.1, -0.05) is 0 Å². The molecule has 1 amide bonds. The summed E-state index contributed by atoms with van der Waals surface area (Å²) in [5.74, 6) is 0.702. The second kappa shape index (κ2) is 6.85. The predicted octanol–water partition coefficient (Wildman–Crippen LogP) is 2.14. The molecule has 0 saturated carbocycles. The number of hydrogen-bond donors (Lipinski definition) is 1. The summed E-state index contributed by atoms with van der Waals surface area (Å²) in [5, 5.41) is 4.07. The fourth-order valence-corrected chi connectivity index (χ4v) is 4.06. The van der Waals surface area contributed by atoms with Gasteiger partial charge in [-0.05, 0) is 38.5 Å². The summed E-state index contributed by atoms with van der Waals surface area (Å²) in [6.45, 7) is 6.59. The van der Waals surface area contributed by atoms with Crippen LogP contribution in [0.5, 0.6) is 5.75 Å². The van der Waals surface area contributed by atoms with E-state index in [-0.39, 0.29) is 18.1 Å². The van der Waals surface area contributed by atoms with Crippen LogP contribution in [-0.4, -0.2) is 60.8 Å². The van der Waals surface area contributed by atoms with Crippen LogP contribution in [0.25, 0.3) is 10.9 Å². The van der Waals surface area contributed by atoms with Crippen molar-refractivity contribution in [1.82, 2.24) is 15.2 Å². The molecule has 2 aliphatic rings.